The molecule has 1 fully saturated rings. The maximum absolute atomic E-state index is 14.4. The highest BCUT2D eigenvalue weighted by atomic mass is 32.2. The number of allylic oxidation sites excluding steroid dienone is 1. The number of nitrogens with one attached hydrogen (secondary N) is 1. The number of esters is 2. The van der Waals surface area contributed by atoms with Gasteiger partial charge in [0.05, 0.1) is 0 Å². The summed E-state index contributed by atoms with van der Waals surface area (Å²) in [7, 11) is 0. The summed E-state index contributed by atoms with van der Waals surface area (Å²) in [5, 5.41) is 8.46. The summed E-state index contributed by atoms with van der Waals surface area (Å²) < 4.78 is 10.7. The molecule has 0 bridgehead atoms. The summed E-state index contributed by atoms with van der Waals surface area (Å²) in [4.78, 5) is 70.5. The molecule has 4 heterocycles. The number of pyridine rings is 1. The average molecular weight is 815 g/mol. The van der Waals surface area contributed by atoms with Gasteiger partial charge < -0.3 is 25.4 Å². The highest BCUT2D eigenvalue weighted by molar-refractivity contribution is 8.00. The molecule has 0 spiro atoms. The fourth-order valence-corrected chi connectivity index (χ4v) is 8.40. The molecule has 294 valence electrons. The molecule has 7 rings (SSSR count). The molecule has 13 nitrogen and oxygen atoms in total. The Morgan fingerprint density at radius 1 is 0.948 bits per heavy atom. The van der Waals surface area contributed by atoms with Crippen molar-refractivity contribution in [3.05, 3.63) is 166 Å². The zero-order valence-corrected chi connectivity index (χ0v) is 33.0. The average Bonchev–Trinajstić information content (AvgIpc) is 3.69. The Morgan fingerprint density at radius 2 is 1.59 bits per heavy atom. The zero-order chi connectivity index (χ0) is 40.6. The minimum atomic E-state index is -1.32. The Kier molecular flexibility index (Phi) is 12.1. The van der Waals surface area contributed by atoms with E-state index in [0.29, 0.717) is 5.57 Å². The Labute approximate surface area is 342 Å². The second-order valence-electron chi connectivity index (χ2n) is 13.1. The van der Waals surface area contributed by atoms with Crippen LogP contribution < -0.4 is 11.1 Å². The van der Waals surface area contributed by atoms with Crippen molar-refractivity contribution in [3.63, 3.8) is 0 Å². The van der Waals surface area contributed by atoms with Gasteiger partial charge >= 0.3 is 11.9 Å². The van der Waals surface area contributed by atoms with Crippen LogP contribution in [0.25, 0.3) is 6.08 Å². The van der Waals surface area contributed by atoms with Crippen molar-refractivity contribution >= 4 is 63.8 Å². The van der Waals surface area contributed by atoms with E-state index in [1.165, 1.54) is 23.6 Å². The SMILES string of the molecule is CCC(=O)OC(C)OC(=O)C1=C(/C=C\c2cccnc2)CS[C@H]2[C@H](NC(=O)C(=NOC(c3ccccc3)(c3ccccc3)c3ccccc3)c3csc(N)n3)C(=O)N12. The Morgan fingerprint density at radius 3 is 2.14 bits per heavy atom. The maximum Gasteiger partial charge on any atom is 0.358 e. The number of anilines is 1. The van der Waals surface area contributed by atoms with Crippen LogP contribution in [-0.4, -0.2) is 67.8 Å². The molecule has 3 N–H and O–H groups in total. The summed E-state index contributed by atoms with van der Waals surface area (Å²) in [6.07, 6.45) is 5.65. The molecule has 2 aromatic heterocycles. The van der Waals surface area contributed by atoms with Crippen molar-refractivity contribution < 1.29 is 33.5 Å². The first-order valence-corrected chi connectivity index (χ1v) is 20.2. The molecular formula is C43H38N6O7S2. The van der Waals surface area contributed by atoms with E-state index in [-0.39, 0.29) is 34.4 Å². The van der Waals surface area contributed by atoms with Gasteiger partial charge in [0.15, 0.2) is 10.8 Å². The van der Waals surface area contributed by atoms with Crippen molar-refractivity contribution in [2.45, 2.75) is 43.6 Å². The fourth-order valence-electron chi connectivity index (χ4n) is 6.53. The number of hydrogen-bond donors (Lipinski definition) is 2. The molecule has 0 aliphatic carbocycles. The van der Waals surface area contributed by atoms with Crippen molar-refractivity contribution in [3.8, 4) is 0 Å². The lowest BCUT2D eigenvalue weighted by Crippen LogP contribution is -2.71. The number of thioether (sulfide) groups is 1. The highest BCUT2D eigenvalue weighted by Crippen LogP contribution is 2.43. The number of thiazole rings is 1. The summed E-state index contributed by atoms with van der Waals surface area (Å²) in [6, 6.07) is 31.1. The minimum Gasteiger partial charge on any atom is -0.425 e. The first-order chi connectivity index (χ1) is 28.2. The Bertz CT molecular complexity index is 2280. The van der Waals surface area contributed by atoms with Gasteiger partial charge in [-0.25, -0.2) is 9.78 Å². The first kappa shape index (κ1) is 39.6. The predicted molar refractivity (Wildman–Crippen MR) is 221 cm³/mol. The van der Waals surface area contributed by atoms with Gasteiger partial charge in [-0.15, -0.1) is 23.1 Å². The molecule has 2 aliphatic heterocycles. The molecule has 15 heteroatoms. The third kappa shape index (κ3) is 8.26. The van der Waals surface area contributed by atoms with E-state index in [9.17, 15) is 19.2 Å². The number of ether oxygens (including phenoxy) is 2. The molecule has 58 heavy (non-hydrogen) atoms. The van der Waals surface area contributed by atoms with E-state index in [1.54, 1.807) is 42.9 Å². The molecular weight excluding hydrogens is 777 g/mol. The molecule has 0 radical (unpaired) electrons. The number of oxime groups is 1. The van der Waals surface area contributed by atoms with Gasteiger partial charge in [-0.3, -0.25) is 24.3 Å². The van der Waals surface area contributed by atoms with Gasteiger partial charge in [-0.05, 0) is 17.2 Å². The third-order valence-electron chi connectivity index (χ3n) is 9.29. The number of nitrogens with two attached hydrogens (primary N) is 1. The van der Waals surface area contributed by atoms with Crippen molar-refractivity contribution in [2.24, 2.45) is 5.16 Å². The van der Waals surface area contributed by atoms with Gasteiger partial charge in [0.2, 0.25) is 11.9 Å². The van der Waals surface area contributed by atoms with Gasteiger partial charge in [-0.2, -0.15) is 0 Å². The summed E-state index contributed by atoms with van der Waals surface area (Å²) in [6.45, 7) is 3.04. The van der Waals surface area contributed by atoms with E-state index in [1.807, 2.05) is 97.1 Å². The number of β-lactam (4-membered cyclic amide) rings is 1. The van der Waals surface area contributed by atoms with Crippen LogP contribution in [0.4, 0.5) is 5.13 Å². The molecule has 3 atom stereocenters. The topological polar surface area (TPSA) is 175 Å². The monoisotopic (exact) mass is 814 g/mol. The number of nitrogens with zero attached hydrogens (tertiary/aromatic N) is 4. The van der Waals surface area contributed by atoms with Crippen LogP contribution in [0, 0.1) is 0 Å². The number of nitrogen functional groups attached to an aromatic ring is 1. The van der Waals surface area contributed by atoms with E-state index >= 15 is 0 Å². The number of benzene rings is 3. The van der Waals surface area contributed by atoms with Crippen LogP contribution >= 0.6 is 23.1 Å². The van der Waals surface area contributed by atoms with Gasteiger partial charge in [0.1, 0.15) is 22.8 Å². The smallest absolute Gasteiger partial charge is 0.358 e. The number of carbonyl (C=O) groups is 4. The molecule has 2 amide bonds. The third-order valence-corrected chi connectivity index (χ3v) is 11.3. The van der Waals surface area contributed by atoms with Crippen LogP contribution in [0.3, 0.4) is 0 Å². The lowest BCUT2D eigenvalue weighted by molar-refractivity contribution is -0.184. The minimum absolute atomic E-state index is 0.0262. The molecule has 0 saturated carbocycles. The lowest BCUT2D eigenvalue weighted by atomic mass is 9.80. The number of amides is 2. The Hall–Kier alpha value is -6.58. The van der Waals surface area contributed by atoms with E-state index < -0.39 is 47.1 Å². The number of hydrogen-bond acceptors (Lipinski definition) is 13. The van der Waals surface area contributed by atoms with E-state index in [0.717, 1.165) is 33.6 Å². The van der Waals surface area contributed by atoms with Gasteiger partial charge in [0.25, 0.3) is 11.8 Å². The summed E-state index contributed by atoms with van der Waals surface area (Å²) >= 11 is 2.47. The van der Waals surface area contributed by atoms with Crippen LogP contribution in [0.2, 0.25) is 0 Å². The van der Waals surface area contributed by atoms with Crippen LogP contribution in [-0.2, 0) is 39.1 Å². The van der Waals surface area contributed by atoms with Crippen LogP contribution in [0.1, 0.15) is 48.2 Å². The standard InChI is InChI=1S/C43H38N6O7S2/c1-3-34(50)54-27(2)55-41(53)37-29(22-21-28-14-13-23-45-24-28)25-57-40-36(39(52)49(37)40)47-38(51)35(33-26-58-42(44)46-33)48-56-43(30-15-7-4-8-16-30,31-17-9-5-10-18-31)32-19-11-6-12-20-32/h4-24,26-27,36,40H,3,25H2,1-2H3,(H2,44,46)(H,47,51)/b22-21-,48-35?/t27?,36-,40+/m1/s1. The van der Waals surface area contributed by atoms with Gasteiger partial charge in [-0.1, -0.05) is 121 Å². The predicted octanol–water partition coefficient (Wildman–Crippen LogP) is 6.04. The lowest BCUT2D eigenvalue weighted by Gasteiger charge is -2.49. The normalized spacial score (nSPS) is 17.2. The fraction of sp³-hybridized carbons (Fsp3) is 0.186. The van der Waals surface area contributed by atoms with E-state index in [2.05, 4.69) is 20.4 Å². The quantitative estimate of drug-likeness (QED) is 0.0334. The van der Waals surface area contributed by atoms with Crippen molar-refractivity contribution in [1.82, 2.24) is 20.2 Å². The number of fused-ring (bicyclic) bond motifs is 1. The zero-order valence-electron chi connectivity index (χ0n) is 31.4. The first-order valence-electron chi connectivity index (χ1n) is 18.3. The summed E-state index contributed by atoms with van der Waals surface area (Å²) in [5.41, 5.74) is 8.13. The number of rotatable bonds is 14. The second kappa shape index (κ2) is 17.7. The van der Waals surface area contributed by atoms with Crippen LogP contribution in [0.15, 0.2) is 143 Å². The van der Waals surface area contributed by atoms with E-state index in [4.69, 9.17) is 20.0 Å². The van der Waals surface area contributed by atoms with Crippen molar-refractivity contribution in [2.75, 3.05) is 11.5 Å². The summed E-state index contributed by atoms with van der Waals surface area (Å²) in [5.74, 6) is -2.44. The molecule has 3 aromatic carbocycles. The molecule has 5 aromatic rings. The Balaban J connectivity index is 1.21. The maximum atomic E-state index is 14.4. The van der Waals surface area contributed by atoms with Crippen molar-refractivity contribution in [1.29, 1.82) is 0 Å². The highest BCUT2D eigenvalue weighted by Gasteiger charge is 2.55. The largest absolute Gasteiger partial charge is 0.425 e. The number of aromatic nitrogens is 2. The van der Waals surface area contributed by atoms with Gasteiger partial charge in [0, 0.05) is 53.6 Å². The van der Waals surface area contributed by atoms with Crippen LogP contribution in [0.5, 0.6) is 0 Å². The number of carbonyl (C=O) groups excluding carboxylic acids is 4. The second-order valence-corrected chi connectivity index (χ2v) is 15.0. The molecule has 1 unspecified atom stereocenters. The molecule has 1 saturated heterocycles. The molecule has 2 aliphatic rings.